The second-order valence-corrected chi connectivity index (χ2v) is 7.66. The molecule has 4 nitrogen and oxygen atoms in total. The van der Waals surface area contributed by atoms with Crippen LogP contribution in [0.4, 0.5) is 4.39 Å². The molecule has 3 N–H and O–H groups in total. The third kappa shape index (κ3) is 4.41. The van der Waals surface area contributed by atoms with Crippen molar-refractivity contribution in [2.24, 2.45) is 5.73 Å². The maximum atomic E-state index is 13.7. The molecule has 112 valence electrons. The number of hydrogen-bond acceptors (Lipinski definition) is 4. The van der Waals surface area contributed by atoms with E-state index in [1.807, 2.05) is 13.2 Å². The van der Waals surface area contributed by atoms with Gasteiger partial charge in [-0.05, 0) is 24.8 Å². The van der Waals surface area contributed by atoms with Crippen molar-refractivity contribution in [3.63, 3.8) is 0 Å². The van der Waals surface area contributed by atoms with Gasteiger partial charge in [-0.1, -0.05) is 25.2 Å². The molecule has 0 amide bonds. The molecular weight excluding hydrogens is 319 g/mol. The van der Waals surface area contributed by atoms with Crippen LogP contribution >= 0.6 is 24.0 Å². The zero-order chi connectivity index (χ0) is 15.3. The lowest BCUT2D eigenvalue weighted by Crippen LogP contribution is -2.29. The van der Waals surface area contributed by atoms with Gasteiger partial charge in [0.2, 0.25) is 10.0 Å². The predicted molar refractivity (Wildman–Crippen MR) is 85.1 cm³/mol. The summed E-state index contributed by atoms with van der Waals surface area (Å²) in [6, 6.07) is 3.73. The smallest absolute Gasteiger partial charge is 0.241 e. The Morgan fingerprint density at radius 1 is 1.55 bits per heavy atom. The Morgan fingerprint density at radius 3 is 2.75 bits per heavy atom. The molecule has 8 heteroatoms. The first-order valence-corrected chi connectivity index (χ1v) is 9.08. The van der Waals surface area contributed by atoms with E-state index in [1.165, 1.54) is 12.1 Å². The number of hydrogen-bond donors (Lipinski definition) is 2. The Bertz CT molecular complexity index is 590. The monoisotopic (exact) mass is 336 g/mol. The fourth-order valence-corrected chi connectivity index (χ4v) is 3.46. The number of thiocarbonyl (C=S) groups is 1. The molecule has 1 unspecified atom stereocenters. The lowest BCUT2D eigenvalue weighted by molar-refractivity contribution is 0.574. The van der Waals surface area contributed by atoms with E-state index in [0.717, 1.165) is 6.07 Å². The van der Waals surface area contributed by atoms with E-state index in [9.17, 15) is 12.8 Å². The van der Waals surface area contributed by atoms with Gasteiger partial charge in [-0.3, -0.25) is 0 Å². The summed E-state index contributed by atoms with van der Waals surface area (Å²) in [5.41, 5.74) is 5.16. The fraction of sp³-hybridized carbons (Fsp3) is 0.417. The van der Waals surface area contributed by atoms with Crippen LogP contribution < -0.4 is 10.5 Å². The zero-order valence-corrected chi connectivity index (χ0v) is 13.7. The van der Waals surface area contributed by atoms with Crippen LogP contribution in [0.3, 0.4) is 0 Å². The Labute approximate surface area is 128 Å². The highest BCUT2D eigenvalue weighted by molar-refractivity contribution is 7.99. The maximum absolute atomic E-state index is 13.7. The Kier molecular flexibility index (Phi) is 6.38. The van der Waals surface area contributed by atoms with Crippen molar-refractivity contribution in [3.8, 4) is 0 Å². The van der Waals surface area contributed by atoms with Crippen LogP contribution in [-0.2, 0) is 10.0 Å². The second-order valence-electron chi connectivity index (χ2n) is 4.21. The molecule has 0 spiro atoms. The largest absolute Gasteiger partial charge is 0.389 e. The van der Waals surface area contributed by atoms with Gasteiger partial charge in [0.25, 0.3) is 0 Å². The third-order valence-corrected chi connectivity index (χ3v) is 5.50. The standard InChI is InChI=1S/C12H17FN2O2S3/c1-8(19-2)6-7-15-20(16,17)10-5-3-4-9(13)11(10)12(14)18/h3-5,8,15H,6-7H2,1-2H3,(H2,14,18). The number of thioether (sulfide) groups is 1. The fourth-order valence-electron chi connectivity index (χ4n) is 1.56. The van der Waals surface area contributed by atoms with Gasteiger partial charge in [-0.25, -0.2) is 17.5 Å². The lowest BCUT2D eigenvalue weighted by Gasteiger charge is -2.12. The summed E-state index contributed by atoms with van der Waals surface area (Å²) >= 11 is 6.37. The summed E-state index contributed by atoms with van der Waals surface area (Å²) in [7, 11) is -3.83. The van der Waals surface area contributed by atoms with E-state index >= 15 is 0 Å². The molecule has 1 aromatic carbocycles. The minimum atomic E-state index is -3.83. The Balaban J connectivity index is 2.99. The summed E-state index contributed by atoms with van der Waals surface area (Å²) < 4.78 is 40.5. The van der Waals surface area contributed by atoms with Gasteiger partial charge in [0.05, 0.1) is 10.5 Å². The first-order chi connectivity index (χ1) is 9.29. The van der Waals surface area contributed by atoms with Gasteiger partial charge < -0.3 is 5.73 Å². The zero-order valence-electron chi connectivity index (χ0n) is 11.2. The second kappa shape index (κ2) is 7.35. The number of benzene rings is 1. The average Bonchev–Trinajstić information content (AvgIpc) is 2.37. The molecule has 0 aliphatic carbocycles. The number of sulfonamides is 1. The van der Waals surface area contributed by atoms with Crippen molar-refractivity contribution >= 4 is 39.0 Å². The normalized spacial score (nSPS) is 13.2. The van der Waals surface area contributed by atoms with Gasteiger partial charge in [-0.2, -0.15) is 11.8 Å². The first-order valence-electron chi connectivity index (χ1n) is 5.90. The molecule has 0 fully saturated rings. The maximum Gasteiger partial charge on any atom is 0.241 e. The van der Waals surface area contributed by atoms with Crippen LogP contribution in [0.1, 0.15) is 18.9 Å². The highest BCUT2D eigenvalue weighted by Crippen LogP contribution is 2.19. The van der Waals surface area contributed by atoms with Gasteiger partial charge in [0, 0.05) is 11.8 Å². The summed E-state index contributed by atoms with van der Waals surface area (Å²) in [6.45, 7) is 2.28. The highest BCUT2D eigenvalue weighted by Gasteiger charge is 2.22. The molecule has 0 bridgehead atoms. The molecule has 1 aromatic rings. The molecule has 0 heterocycles. The van der Waals surface area contributed by atoms with Crippen molar-refractivity contribution in [2.45, 2.75) is 23.5 Å². The van der Waals surface area contributed by atoms with E-state index in [-0.39, 0.29) is 22.0 Å². The molecule has 1 rings (SSSR count). The molecule has 20 heavy (non-hydrogen) atoms. The Morgan fingerprint density at radius 2 is 2.20 bits per heavy atom. The van der Waals surface area contributed by atoms with Crippen molar-refractivity contribution < 1.29 is 12.8 Å². The molecule has 1 atom stereocenters. The van der Waals surface area contributed by atoms with Crippen LogP contribution in [0.2, 0.25) is 0 Å². The lowest BCUT2D eigenvalue weighted by atomic mass is 10.2. The van der Waals surface area contributed by atoms with Crippen LogP contribution in [0.5, 0.6) is 0 Å². The molecular formula is C12H17FN2O2S3. The molecule has 0 radical (unpaired) electrons. The van der Waals surface area contributed by atoms with Crippen molar-refractivity contribution in [1.29, 1.82) is 0 Å². The molecule has 0 aliphatic heterocycles. The third-order valence-electron chi connectivity index (χ3n) is 2.76. The minimum absolute atomic E-state index is 0.221. The predicted octanol–water partition coefficient (Wildman–Crippen LogP) is 1.88. The van der Waals surface area contributed by atoms with Crippen LogP contribution in [0.25, 0.3) is 0 Å². The van der Waals surface area contributed by atoms with Gasteiger partial charge >= 0.3 is 0 Å². The summed E-state index contributed by atoms with van der Waals surface area (Å²) in [4.78, 5) is -0.497. The topological polar surface area (TPSA) is 72.2 Å². The van der Waals surface area contributed by atoms with E-state index in [2.05, 4.69) is 4.72 Å². The number of nitrogens with two attached hydrogens (primary N) is 1. The quantitative estimate of drug-likeness (QED) is 0.744. The minimum Gasteiger partial charge on any atom is -0.389 e. The van der Waals surface area contributed by atoms with E-state index in [0.29, 0.717) is 11.7 Å². The summed E-state index contributed by atoms with van der Waals surface area (Å²) in [5.74, 6) is -0.738. The Hall–Kier alpha value is -0.700. The number of halogens is 1. The average molecular weight is 336 g/mol. The van der Waals surface area contributed by atoms with Crippen molar-refractivity contribution in [2.75, 3.05) is 12.8 Å². The van der Waals surface area contributed by atoms with Gasteiger partial charge in [-0.15, -0.1) is 0 Å². The summed E-state index contributed by atoms with van der Waals surface area (Å²) in [5, 5.41) is 0.334. The van der Waals surface area contributed by atoms with Crippen LogP contribution in [0, 0.1) is 5.82 Å². The van der Waals surface area contributed by atoms with Crippen LogP contribution in [0.15, 0.2) is 23.1 Å². The van der Waals surface area contributed by atoms with Gasteiger partial charge in [0.1, 0.15) is 10.8 Å². The van der Waals surface area contributed by atoms with E-state index in [4.69, 9.17) is 18.0 Å². The molecule has 0 aromatic heterocycles. The van der Waals surface area contributed by atoms with Crippen LogP contribution in [-0.4, -0.2) is 31.5 Å². The SMILES string of the molecule is CSC(C)CCNS(=O)(=O)c1cccc(F)c1C(N)=S. The van der Waals surface area contributed by atoms with Gasteiger partial charge in [0.15, 0.2) is 0 Å². The van der Waals surface area contributed by atoms with E-state index in [1.54, 1.807) is 11.8 Å². The molecule has 0 saturated heterocycles. The molecule has 0 aliphatic rings. The number of nitrogens with one attached hydrogen (secondary N) is 1. The summed E-state index contributed by atoms with van der Waals surface area (Å²) in [6.07, 6.45) is 2.63. The van der Waals surface area contributed by atoms with Crippen molar-refractivity contribution in [3.05, 3.63) is 29.6 Å². The van der Waals surface area contributed by atoms with Crippen molar-refractivity contribution in [1.82, 2.24) is 4.72 Å². The first kappa shape index (κ1) is 17.4. The van der Waals surface area contributed by atoms with E-state index < -0.39 is 15.8 Å². The highest BCUT2D eigenvalue weighted by atomic mass is 32.2. The molecule has 0 saturated carbocycles. The number of rotatable bonds is 7.